The summed E-state index contributed by atoms with van der Waals surface area (Å²) in [6.07, 6.45) is 0. The minimum atomic E-state index is -5.05. The highest BCUT2D eigenvalue weighted by Gasteiger charge is 2.43. The fourth-order valence-electron chi connectivity index (χ4n) is 4.25. The van der Waals surface area contributed by atoms with Crippen LogP contribution in [0.1, 0.15) is 5.56 Å². The van der Waals surface area contributed by atoms with Crippen molar-refractivity contribution in [3.05, 3.63) is 144 Å². The van der Waals surface area contributed by atoms with Gasteiger partial charge in [-0.3, -0.25) is 0 Å². The van der Waals surface area contributed by atoms with Crippen LogP contribution in [0.25, 0.3) is 0 Å². The van der Waals surface area contributed by atoms with E-state index in [1.165, 1.54) is 12.1 Å². The summed E-state index contributed by atoms with van der Waals surface area (Å²) in [5, 5.41) is 0. The third-order valence-electron chi connectivity index (χ3n) is 6.33. The maximum atomic E-state index is 14.1. The summed E-state index contributed by atoms with van der Waals surface area (Å²) in [5.41, 5.74) is 0.179. The van der Waals surface area contributed by atoms with Gasteiger partial charge >= 0.3 is 15.8 Å². The molecular weight excluding hydrogens is 611 g/mol. The number of rotatable bonds is 10. The second-order valence-electron chi connectivity index (χ2n) is 9.26. The Balaban J connectivity index is 1.69. The maximum absolute atomic E-state index is 14.1. The molecular formula is C31H25NO8S3. The number of hydrogen-bond acceptors (Lipinski definition) is 8. The third-order valence-corrected chi connectivity index (χ3v) is 11.6. The van der Waals surface area contributed by atoms with E-state index in [0.717, 1.165) is 23.8 Å². The van der Waals surface area contributed by atoms with Crippen molar-refractivity contribution in [1.82, 2.24) is 0 Å². The molecule has 0 unspecified atom stereocenters. The van der Waals surface area contributed by atoms with Crippen LogP contribution in [0.5, 0.6) is 5.75 Å². The summed E-state index contributed by atoms with van der Waals surface area (Å²) in [5.74, 6) is -0.537. The van der Waals surface area contributed by atoms with Crippen molar-refractivity contribution >= 4 is 36.2 Å². The van der Waals surface area contributed by atoms with Gasteiger partial charge in [0.25, 0.3) is 4.92 Å². The van der Waals surface area contributed by atoms with Crippen LogP contribution >= 0.6 is 10.3 Å². The van der Waals surface area contributed by atoms with Crippen molar-refractivity contribution in [1.29, 1.82) is 0 Å². The fraction of sp³-hybridized carbons (Fsp3) is 0.0323. The van der Waals surface area contributed by atoms with E-state index in [4.69, 9.17) is 8.47 Å². The highest BCUT2D eigenvalue weighted by atomic mass is 32.3. The molecule has 0 aromatic heterocycles. The van der Waals surface area contributed by atoms with Crippen LogP contribution in [0, 0.1) is 11.8 Å². The van der Waals surface area contributed by atoms with Gasteiger partial charge in [-0.2, -0.15) is 12.7 Å². The monoisotopic (exact) mass is 635 g/mol. The van der Waals surface area contributed by atoms with Gasteiger partial charge in [0.1, 0.15) is 15.0 Å². The Morgan fingerprint density at radius 1 is 0.581 bits per heavy atom. The zero-order chi connectivity index (χ0) is 30.7. The number of aryl methyl sites for hydroxylation is 1. The Morgan fingerprint density at radius 2 is 1.02 bits per heavy atom. The van der Waals surface area contributed by atoms with Gasteiger partial charge in [0, 0.05) is 20.8 Å². The first-order valence-corrected chi connectivity index (χ1v) is 17.1. The normalized spacial score (nSPS) is 12.3. The molecule has 0 aliphatic heterocycles. The quantitative estimate of drug-likeness (QED) is 0.0920. The van der Waals surface area contributed by atoms with Gasteiger partial charge in [-0.05, 0) is 67.6 Å². The summed E-state index contributed by atoms with van der Waals surface area (Å²) in [7, 11) is -12.4. The Hall–Kier alpha value is -4.49. The molecule has 0 heterocycles. The lowest BCUT2D eigenvalue weighted by atomic mass is 10.2. The topological polar surface area (TPSA) is 130 Å². The van der Waals surface area contributed by atoms with E-state index in [1.54, 1.807) is 91.9 Å². The zero-order valence-corrected chi connectivity index (χ0v) is 25.1. The standard InChI is InChI=1S/C31H25NO8S3/c1-24-17-19-28(20-18-24)43(37,38)39-31-22-21-29(42(34,35)36)23-30(31)32(33)40-41(25-11-5-2-6-12-25,26-13-7-3-8-14-26)27-15-9-4-10-16-27/h2-23H,1H3. The molecule has 5 aromatic carbocycles. The Morgan fingerprint density at radius 3 is 1.47 bits per heavy atom. The molecule has 43 heavy (non-hydrogen) atoms. The van der Waals surface area contributed by atoms with Gasteiger partial charge in [-0.1, -0.05) is 72.3 Å². The molecule has 0 aliphatic carbocycles. The minimum Gasteiger partial charge on any atom is -0.744 e. The number of hydrogen-bond donors (Lipinski definition) is 0. The molecule has 0 amide bonds. The van der Waals surface area contributed by atoms with Crippen LogP contribution in [0.2, 0.25) is 0 Å². The van der Waals surface area contributed by atoms with Crippen molar-refractivity contribution in [2.24, 2.45) is 0 Å². The van der Waals surface area contributed by atoms with Gasteiger partial charge in [0.15, 0.2) is 0 Å². The first kappa shape index (κ1) is 30.0. The van der Waals surface area contributed by atoms with Gasteiger partial charge in [-0.25, -0.2) is 8.42 Å². The van der Waals surface area contributed by atoms with Gasteiger partial charge in [0.2, 0.25) is 5.75 Å². The molecule has 0 bridgehead atoms. The summed E-state index contributed by atoms with van der Waals surface area (Å²) in [6, 6.07) is 35.3. The van der Waals surface area contributed by atoms with Crippen LogP contribution < -0.4 is 4.18 Å². The predicted molar refractivity (Wildman–Crippen MR) is 159 cm³/mol. The summed E-state index contributed by atoms with van der Waals surface area (Å²) in [6.45, 7) is 1.78. The summed E-state index contributed by atoms with van der Waals surface area (Å²) >= 11 is 0. The van der Waals surface area contributed by atoms with E-state index in [2.05, 4.69) is 0 Å². The Kier molecular flexibility index (Phi) is 8.38. The van der Waals surface area contributed by atoms with Gasteiger partial charge in [0.05, 0.1) is 20.1 Å². The van der Waals surface area contributed by atoms with Gasteiger partial charge < -0.3 is 8.74 Å². The van der Waals surface area contributed by atoms with Crippen molar-refractivity contribution in [3.63, 3.8) is 0 Å². The summed E-state index contributed by atoms with van der Waals surface area (Å²) < 4.78 is 73.8. The van der Waals surface area contributed by atoms with Crippen molar-refractivity contribution in [3.8, 4) is 5.75 Å². The number of nitrogens with zero attached hydrogens (tertiary/aromatic N) is 1. The molecule has 0 fully saturated rings. The lowest BCUT2D eigenvalue weighted by molar-refractivity contribution is -0.697. The lowest BCUT2D eigenvalue weighted by Crippen LogP contribution is -2.16. The van der Waals surface area contributed by atoms with Crippen LogP contribution in [0.15, 0.2) is 158 Å². The zero-order valence-electron chi connectivity index (χ0n) is 22.6. The molecule has 0 saturated carbocycles. The minimum absolute atomic E-state index is 0.0109. The first-order chi connectivity index (χ1) is 20.5. The highest BCUT2D eigenvalue weighted by Crippen LogP contribution is 2.69. The predicted octanol–water partition coefficient (Wildman–Crippen LogP) is 6.91. The van der Waals surface area contributed by atoms with E-state index in [-0.39, 0.29) is 9.82 Å². The average Bonchev–Trinajstić information content (AvgIpc) is 3.01. The lowest BCUT2D eigenvalue weighted by Gasteiger charge is -2.34. The van der Waals surface area contributed by atoms with Crippen LogP contribution in [-0.4, -0.2) is 26.3 Å². The van der Waals surface area contributed by atoms with Crippen LogP contribution in [0.3, 0.4) is 0 Å². The summed E-state index contributed by atoms with van der Waals surface area (Å²) in [4.78, 5) is 15.0. The Bertz CT molecular complexity index is 1870. The van der Waals surface area contributed by atoms with E-state index in [9.17, 15) is 26.3 Å². The number of benzene rings is 5. The smallest absolute Gasteiger partial charge is 0.362 e. The van der Waals surface area contributed by atoms with E-state index in [0.29, 0.717) is 14.7 Å². The second-order valence-corrected chi connectivity index (χ2v) is 14.9. The maximum Gasteiger partial charge on any atom is 0.362 e. The van der Waals surface area contributed by atoms with Crippen molar-refractivity contribution in [2.45, 2.75) is 31.4 Å². The van der Waals surface area contributed by atoms with Crippen LogP contribution in [-0.2, 0) is 24.5 Å². The molecule has 0 saturated heterocycles. The highest BCUT2D eigenvalue weighted by molar-refractivity contribution is 8.29. The Labute approximate surface area is 251 Å². The molecule has 5 aromatic rings. The second kappa shape index (κ2) is 12.0. The molecule has 0 spiro atoms. The van der Waals surface area contributed by atoms with Gasteiger partial charge in [-0.15, -0.1) is 0 Å². The van der Waals surface area contributed by atoms with E-state index in [1.807, 2.05) is 18.2 Å². The van der Waals surface area contributed by atoms with E-state index >= 15 is 0 Å². The average molecular weight is 636 g/mol. The fourth-order valence-corrected chi connectivity index (χ4v) is 8.67. The molecule has 220 valence electrons. The van der Waals surface area contributed by atoms with Crippen molar-refractivity contribution in [2.75, 3.05) is 0 Å². The molecule has 0 radical (unpaired) electrons. The largest absolute Gasteiger partial charge is 0.744 e. The first-order valence-electron chi connectivity index (χ1n) is 12.8. The van der Waals surface area contributed by atoms with Crippen molar-refractivity contribution < 1.29 is 34.8 Å². The molecule has 9 nitrogen and oxygen atoms in total. The molecule has 5 rings (SSSR count). The van der Waals surface area contributed by atoms with E-state index < -0.39 is 46.9 Å². The molecule has 12 heteroatoms. The third kappa shape index (κ3) is 6.32. The SMILES string of the molecule is Cc1ccc(S(=O)(=O)Oc2ccc(S(=O)(=O)[O-])cc2[N+](=O)OS(c2ccccc2)(c2ccccc2)c2ccccc2)cc1. The molecule has 0 N–H and O–H groups in total. The van der Waals surface area contributed by atoms with Crippen LogP contribution in [0.4, 0.5) is 5.69 Å². The molecule has 0 atom stereocenters. The molecule has 0 aliphatic rings.